The van der Waals surface area contributed by atoms with E-state index in [9.17, 15) is 0 Å². The van der Waals surface area contributed by atoms with E-state index in [1.807, 2.05) is 0 Å². The van der Waals surface area contributed by atoms with Gasteiger partial charge in [-0.1, -0.05) is 34.6 Å². The average molecular weight is 197 g/mol. The molecule has 1 rings (SSSR count). The fourth-order valence-corrected chi connectivity index (χ4v) is 2.41. The van der Waals surface area contributed by atoms with E-state index < -0.39 is 0 Å². The van der Waals surface area contributed by atoms with Gasteiger partial charge in [0, 0.05) is 12.6 Å². The van der Waals surface area contributed by atoms with Crippen LogP contribution in [0.4, 0.5) is 0 Å². The Hall–Kier alpha value is -0.0400. The molecule has 0 bridgehead atoms. The summed E-state index contributed by atoms with van der Waals surface area (Å²) in [5.74, 6) is 1.80. The SMILES string of the molecule is CC1CCC(NCC(C)(C)C)C(C)C1. The maximum absolute atomic E-state index is 3.73. The summed E-state index contributed by atoms with van der Waals surface area (Å²) in [4.78, 5) is 0. The van der Waals surface area contributed by atoms with Crippen LogP contribution in [-0.4, -0.2) is 12.6 Å². The summed E-state index contributed by atoms with van der Waals surface area (Å²) in [7, 11) is 0. The molecule has 3 atom stereocenters. The lowest BCUT2D eigenvalue weighted by Gasteiger charge is -2.35. The van der Waals surface area contributed by atoms with Crippen molar-refractivity contribution >= 4 is 0 Å². The van der Waals surface area contributed by atoms with Crippen molar-refractivity contribution in [1.82, 2.24) is 5.32 Å². The van der Waals surface area contributed by atoms with Crippen molar-refractivity contribution in [3.63, 3.8) is 0 Å². The zero-order valence-electron chi connectivity index (χ0n) is 10.6. The van der Waals surface area contributed by atoms with Crippen LogP contribution in [-0.2, 0) is 0 Å². The van der Waals surface area contributed by atoms with Crippen molar-refractivity contribution in [2.45, 2.75) is 59.9 Å². The summed E-state index contributed by atoms with van der Waals surface area (Å²) in [6, 6.07) is 0.769. The van der Waals surface area contributed by atoms with E-state index in [1.165, 1.54) is 19.3 Å². The highest BCUT2D eigenvalue weighted by Gasteiger charge is 2.25. The predicted molar refractivity (Wildman–Crippen MR) is 63.4 cm³/mol. The van der Waals surface area contributed by atoms with E-state index in [-0.39, 0.29) is 0 Å². The molecule has 0 aromatic rings. The van der Waals surface area contributed by atoms with Gasteiger partial charge in [0.05, 0.1) is 0 Å². The van der Waals surface area contributed by atoms with E-state index in [2.05, 4.69) is 39.9 Å². The fourth-order valence-electron chi connectivity index (χ4n) is 2.41. The minimum absolute atomic E-state index is 0.419. The smallest absolute Gasteiger partial charge is 0.00931 e. The van der Waals surface area contributed by atoms with Gasteiger partial charge < -0.3 is 5.32 Å². The molecule has 0 saturated heterocycles. The molecule has 0 aromatic heterocycles. The van der Waals surface area contributed by atoms with Crippen molar-refractivity contribution in [2.75, 3.05) is 6.54 Å². The summed E-state index contributed by atoms with van der Waals surface area (Å²) in [5.41, 5.74) is 0.419. The second-order valence-electron chi connectivity index (χ2n) is 6.44. The zero-order valence-corrected chi connectivity index (χ0v) is 10.6. The average Bonchev–Trinajstić information content (AvgIpc) is 2.00. The second kappa shape index (κ2) is 4.65. The van der Waals surface area contributed by atoms with E-state index in [4.69, 9.17) is 0 Å². The molecule has 0 aliphatic heterocycles. The lowest BCUT2D eigenvalue weighted by molar-refractivity contribution is 0.210. The topological polar surface area (TPSA) is 12.0 Å². The van der Waals surface area contributed by atoms with Gasteiger partial charge in [0.1, 0.15) is 0 Å². The fraction of sp³-hybridized carbons (Fsp3) is 1.00. The maximum Gasteiger partial charge on any atom is 0.00931 e. The molecule has 0 heterocycles. The third-order valence-corrected chi connectivity index (χ3v) is 3.33. The minimum Gasteiger partial charge on any atom is -0.313 e. The lowest BCUT2D eigenvalue weighted by Crippen LogP contribution is -2.42. The third-order valence-electron chi connectivity index (χ3n) is 3.33. The van der Waals surface area contributed by atoms with Crippen LogP contribution in [0.2, 0.25) is 0 Å². The lowest BCUT2D eigenvalue weighted by atomic mass is 9.79. The Morgan fingerprint density at radius 1 is 1.14 bits per heavy atom. The van der Waals surface area contributed by atoms with E-state index in [1.54, 1.807) is 0 Å². The van der Waals surface area contributed by atoms with Gasteiger partial charge in [0.2, 0.25) is 0 Å². The number of nitrogens with one attached hydrogen (secondary N) is 1. The first-order chi connectivity index (χ1) is 6.38. The van der Waals surface area contributed by atoms with Crippen LogP contribution in [0, 0.1) is 17.3 Å². The highest BCUT2D eigenvalue weighted by molar-refractivity contribution is 4.82. The van der Waals surface area contributed by atoms with Gasteiger partial charge in [0.15, 0.2) is 0 Å². The molecule has 1 aliphatic carbocycles. The van der Waals surface area contributed by atoms with Crippen LogP contribution in [0.25, 0.3) is 0 Å². The standard InChI is InChI=1S/C13H27N/c1-10-6-7-12(11(2)8-10)14-9-13(3,4)5/h10-12,14H,6-9H2,1-5H3. The maximum atomic E-state index is 3.73. The molecule has 0 spiro atoms. The van der Waals surface area contributed by atoms with Gasteiger partial charge >= 0.3 is 0 Å². The van der Waals surface area contributed by atoms with Gasteiger partial charge in [-0.25, -0.2) is 0 Å². The van der Waals surface area contributed by atoms with Crippen molar-refractivity contribution in [1.29, 1.82) is 0 Å². The molecule has 1 aliphatic rings. The molecule has 14 heavy (non-hydrogen) atoms. The Labute approximate surface area is 89.7 Å². The van der Waals surface area contributed by atoms with Gasteiger partial charge in [0.25, 0.3) is 0 Å². The molecule has 0 amide bonds. The van der Waals surface area contributed by atoms with Crippen molar-refractivity contribution in [3.8, 4) is 0 Å². The number of hydrogen-bond donors (Lipinski definition) is 1. The summed E-state index contributed by atoms with van der Waals surface area (Å²) in [5, 5.41) is 3.73. The van der Waals surface area contributed by atoms with Crippen LogP contribution >= 0.6 is 0 Å². The third kappa shape index (κ3) is 4.00. The normalized spacial score (nSPS) is 34.5. The first kappa shape index (κ1) is 12.0. The van der Waals surface area contributed by atoms with Crippen LogP contribution in [0.1, 0.15) is 53.9 Å². The monoisotopic (exact) mass is 197 g/mol. The van der Waals surface area contributed by atoms with Gasteiger partial charge in [-0.05, 0) is 36.5 Å². The van der Waals surface area contributed by atoms with Gasteiger partial charge in [-0.2, -0.15) is 0 Å². The van der Waals surface area contributed by atoms with Gasteiger partial charge in [-0.15, -0.1) is 0 Å². The molecule has 0 aromatic carbocycles. The predicted octanol–water partition coefficient (Wildman–Crippen LogP) is 3.45. The minimum atomic E-state index is 0.419. The largest absolute Gasteiger partial charge is 0.313 e. The summed E-state index contributed by atoms with van der Waals surface area (Å²) >= 11 is 0. The highest BCUT2D eigenvalue weighted by atomic mass is 14.9. The van der Waals surface area contributed by atoms with Gasteiger partial charge in [-0.3, -0.25) is 0 Å². The molecule has 1 saturated carbocycles. The summed E-state index contributed by atoms with van der Waals surface area (Å²) in [6.07, 6.45) is 4.19. The highest BCUT2D eigenvalue weighted by Crippen LogP contribution is 2.29. The molecular formula is C13H27N. The molecule has 0 radical (unpaired) electrons. The van der Waals surface area contributed by atoms with Crippen molar-refractivity contribution in [3.05, 3.63) is 0 Å². The van der Waals surface area contributed by atoms with Crippen LogP contribution < -0.4 is 5.32 Å². The Morgan fingerprint density at radius 3 is 2.29 bits per heavy atom. The summed E-state index contributed by atoms with van der Waals surface area (Å²) < 4.78 is 0. The van der Waals surface area contributed by atoms with Crippen LogP contribution in [0.3, 0.4) is 0 Å². The Bertz CT molecular complexity index is 169. The van der Waals surface area contributed by atoms with E-state index in [0.717, 1.165) is 24.4 Å². The Kier molecular flexibility index (Phi) is 4.00. The molecule has 1 heteroatoms. The Balaban J connectivity index is 2.31. The van der Waals surface area contributed by atoms with E-state index >= 15 is 0 Å². The molecule has 1 nitrogen and oxygen atoms in total. The Morgan fingerprint density at radius 2 is 1.79 bits per heavy atom. The summed E-state index contributed by atoms with van der Waals surface area (Å²) in [6.45, 7) is 12.8. The second-order valence-corrected chi connectivity index (χ2v) is 6.44. The van der Waals surface area contributed by atoms with E-state index in [0.29, 0.717) is 5.41 Å². The zero-order chi connectivity index (χ0) is 10.8. The molecule has 1 N–H and O–H groups in total. The van der Waals surface area contributed by atoms with Crippen molar-refractivity contribution < 1.29 is 0 Å². The van der Waals surface area contributed by atoms with Crippen LogP contribution in [0.15, 0.2) is 0 Å². The molecular weight excluding hydrogens is 170 g/mol. The first-order valence-electron chi connectivity index (χ1n) is 6.12. The van der Waals surface area contributed by atoms with Crippen molar-refractivity contribution in [2.24, 2.45) is 17.3 Å². The number of hydrogen-bond acceptors (Lipinski definition) is 1. The molecule has 84 valence electrons. The number of rotatable bonds is 2. The molecule has 1 fully saturated rings. The van der Waals surface area contributed by atoms with Crippen LogP contribution in [0.5, 0.6) is 0 Å². The molecule has 3 unspecified atom stereocenters. The quantitative estimate of drug-likeness (QED) is 0.715. The first-order valence-corrected chi connectivity index (χ1v) is 6.12.